The van der Waals surface area contributed by atoms with Crippen molar-refractivity contribution < 1.29 is 18.4 Å². The molecule has 228 valence electrons. The third-order valence-corrected chi connectivity index (χ3v) is 8.35. The SMILES string of the molecule is CC(C)n1cnnc1-c1cccc(NC(=O)c2cc3c(cc2F)CN(C(=O)c2ccc(Cl)c(F)c2)Cc2c(C4CC4)ncn2-3)n1. The molecule has 1 N–H and O–H groups in total. The first-order valence-electron chi connectivity index (χ1n) is 14.5. The van der Waals surface area contributed by atoms with Gasteiger partial charge in [-0.25, -0.2) is 18.7 Å². The van der Waals surface area contributed by atoms with Gasteiger partial charge in [0.1, 0.15) is 29.5 Å². The lowest BCUT2D eigenvalue weighted by molar-refractivity contribution is 0.0729. The fourth-order valence-electron chi connectivity index (χ4n) is 5.59. The van der Waals surface area contributed by atoms with Crippen LogP contribution in [0.15, 0.2) is 61.2 Å². The first-order chi connectivity index (χ1) is 21.7. The van der Waals surface area contributed by atoms with Crippen LogP contribution in [-0.4, -0.2) is 46.0 Å². The summed E-state index contributed by atoms with van der Waals surface area (Å²) in [7, 11) is 0. The lowest BCUT2D eigenvalue weighted by Gasteiger charge is -2.21. The Morgan fingerprint density at radius 1 is 1.02 bits per heavy atom. The Bertz CT molecular complexity index is 1980. The Morgan fingerprint density at radius 3 is 2.60 bits per heavy atom. The summed E-state index contributed by atoms with van der Waals surface area (Å²) in [5.74, 6) is -1.58. The Labute approximate surface area is 261 Å². The van der Waals surface area contributed by atoms with E-state index in [1.165, 1.54) is 29.2 Å². The van der Waals surface area contributed by atoms with Crippen molar-refractivity contribution in [1.29, 1.82) is 0 Å². The van der Waals surface area contributed by atoms with Gasteiger partial charge in [0.15, 0.2) is 5.82 Å². The van der Waals surface area contributed by atoms with Crippen molar-refractivity contribution in [3.05, 3.63) is 106 Å². The topological polar surface area (TPSA) is 111 Å². The van der Waals surface area contributed by atoms with Crippen molar-refractivity contribution in [1.82, 2.24) is 34.2 Å². The van der Waals surface area contributed by atoms with E-state index in [2.05, 4.69) is 25.5 Å². The molecule has 3 aromatic heterocycles. The molecule has 1 saturated carbocycles. The zero-order valence-electron chi connectivity index (χ0n) is 24.3. The maximum atomic E-state index is 15.7. The van der Waals surface area contributed by atoms with E-state index in [1.807, 2.05) is 23.0 Å². The second-order valence-corrected chi connectivity index (χ2v) is 11.9. The number of halogens is 3. The van der Waals surface area contributed by atoms with Gasteiger partial charge >= 0.3 is 0 Å². The molecule has 2 aromatic carbocycles. The molecule has 0 bridgehead atoms. The molecule has 0 radical (unpaired) electrons. The average Bonchev–Trinajstić information content (AvgIpc) is 3.62. The molecular weight excluding hydrogens is 602 g/mol. The van der Waals surface area contributed by atoms with Gasteiger partial charge in [-0.1, -0.05) is 17.7 Å². The van der Waals surface area contributed by atoms with Crippen molar-refractivity contribution >= 4 is 29.2 Å². The highest BCUT2D eigenvalue weighted by Gasteiger charge is 2.34. The van der Waals surface area contributed by atoms with E-state index in [1.54, 1.807) is 30.9 Å². The van der Waals surface area contributed by atoms with E-state index in [0.717, 1.165) is 30.3 Å². The lowest BCUT2D eigenvalue weighted by Crippen LogP contribution is -2.30. The second-order valence-electron chi connectivity index (χ2n) is 11.5. The first-order valence-corrected chi connectivity index (χ1v) is 14.9. The Kier molecular flexibility index (Phi) is 7.16. The van der Waals surface area contributed by atoms with Gasteiger partial charge in [-0.3, -0.25) is 9.59 Å². The summed E-state index contributed by atoms with van der Waals surface area (Å²) >= 11 is 5.84. The summed E-state index contributed by atoms with van der Waals surface area (Å²) < 4.78 is 33.6. The van der Waals surface area contributed by atoms with Crippen LogP contribution in [0.3, 0.4) is 0 Å². The molecule has 1 aliphatic carbocycles. The van der Waals surface area contributed by atoms with Crippen LogP contribution >= 0.6 is 11.6 Å². The van der Waals surface area contributed by atoms with Crippen LogP contribution in [-0.2, 0) is 13.1 Å². The van der Waals surface area contributed by atoms with Crippen LogP contribution in [0.1, 0.15) is 76.3 Å². The number of nitrogens with zero attached hydrogens (tertiary/aromatic N) is 7. The Balaban J connectivity index is 1.23. The minimum absolute atomic E-state index is 0.0309. The molecule has 13 heteroatoms. The van der Waals surface area contributed by atoms with Crippen LogP contribution in [0.2, 0.25) is 5.02 Å². The second kappa shape index (κ2) is 11.2. The van der Waals surface area contributed by atoms with Gasteiger partial charge in [0.05, 0.1) is 40.5 Å². The molecule has 0 saturated heterocycles. The van der Waals surface area contributed by atoms with Crippen molar-refractivity contribution in [2.45, 2.75) is 51.7 Å². The van der Waals surface area contributed by atoms with Gasteiger partial charge in [0, 0.05) is 24.1 Å². The van der Waals surface area contributed by atoms with Crippen molar-refractivity contribution in [2.75, 3.05) is 5.32 Å². The minimum Gasteiger partial charge on any atom is -0.328 e. The molecule has 5 aromatic rings. The number of rotatable bonds is 6. The van der Waals surface area contributed by atoms with Gasteiger partial charge < -0.3 is 19.4 Å². The lowest BCUT2D eigenvalue weighted by atomic mass is 10.1. The monoisotopic (exact) mass is 628 g/mol. The fourth-order valence-corrected chi connectivity index (χ4v) is 5.71. The molecule has 45 heavy (non-hydrogen) atoms. The third kappa shape index (κ3) is 5.35. The van der Waals surface area contributed by atoms with Gasteiger partial charge in [0.2, 0.25) is 0 Å². The summed E-state index contributed by atoms with van der Waals surface area (Å²) in [5.41, 5.74) is 3.05. The molecule has 0 unspecified atom stereocenters. The number of anilines is 1. The van der Waals surface area contributed by atoms with E-state index >= 15 is 4.39 Å². The average molecular weight is 629 g/mol. The molecule has 2 aliphatic rings. The van der Waals surface area contributed by atoms with Crippen molar-refractivity contribution in [3.63, 3.8) is 0 Å². The van der Waals surface area contributed by atoms with E-state index < -0.39 is 23.4 Å². The quantitative estimate of drug-likeness (QED) is 0.235. The molecule has 10 nitrogen and oxygen atoms in total. The first kappa shape index (κ1) is 28.8. The van der Waals surface area contributed by atoms with Crippen LogP contribution in [0.25, 0.3) is 17.2 Å². The number of carbonyl (C=O) groups excluding carboxylic acids is 2. The number of amides is 2. The number of nitrogens with one attached hydrogen (secondary N) is 1. The van der Waals surface area contributed by atoms with Gasteiger partial charge in [0.25, 0.3) is 11.8 Å². The number of fused-ring (bicyclic) bond motifs is 3. The van der Waals surface area contributed by atoms with Crippen LogP contribution in [0.4, 0.5) is 14.6 Å². The molecular formula is C32H27ClF2N8O2. The minimum atomic E-state index is -0.766. The maximum absolute atomic E-state index is 15.7. The van der Waals surface area contributed by atoms with Crippen LogP contribution in [0, 0.1) is 11.6 Å². The predicted molar refractivity (Wildman–Crippen MR) is 162 cm³/mol. The highest BCUT2D eigenvalue weighted by atomic mass is 35.5. The van der Waals surface area contributed by atoms with Crippen molar-refractivity contribution in [2.24, 2.45) is 0 Å². The van der Waals surface area contributed by atoms with Gasteiger partial charge in [-0.2, -0.15) is 0 Å². The van der Waals surface area contributed by atoms with E-state index in [-0.39, 0.29) is 47.0 Å². The zero-order chi connectivity index (χ0) is 31.4. The molecule has 7 rings (SSSR count). The molecule has 0 spiro atoms. The van der Waals surface area contributed by atoms with Crippen LogP contribution in [0.5, 0.6) is 0 Å². The Morgan fingerprint density at radius 2 is 1.84 bits per heavy atom. The largest absolute Gasteiger partial charge is 0.328 e. The maximum Gasteiger partial charge on any atom is 0.259 e. The summed E-state index contributed by atoms with van der Waals surface area (Å²) in [6.07, 6.45) is 5.21. The standard InChI is InChI=1S/C32H27ClF2N8O2/c1-17(2)42-16-37-40-30(42)25-4-3-5-28(38-25)39-31(44)21-12-26-20(11-23(21)34)13-41(32(45)19-8-9-22(33)24(35)10-19)14-27-29(18-6-7-18)36-15-43(26)27/h3-5,8-12,15-18H,6-7,13-14H2,1-2H3,(H,38,39,44). The third-order valence-electron chi connectivity index (χ3n) is 8.04. The summed E-state index contributed by atoms with van der Waals surface area (Å²) in [6.45, 7) is 4.19. The number of imidazole rings is 1. The molecule has 4 heterocycles. The fraction of sp³-hybridized carbons (Fsp3) is 0.250. The van der Waals surface area contributed by atoms with E-state index in [9.17, 15) is 14.0 Å². The zero-order valence-corrected chi connectivity index (χ0v) is 25.1. The van der Waals surface area contributed by atoms with Gasteiger partial charge in [-0.05, 0) is 74.7 Å². The number of aromatic nitrogens is 6. The number of benzene rings is 2. The predicted octanol–water partition coefficient (Wildman–Crippen LogP) is 6.32. The molecule has 2 amide bonds. The van der Waals surface area contributed by atoms with Crippen LogP contribution < -0.4 is 5.32 Å². The summed E-state index contributed by atoms with van der Waals surface area (Å²) in [4.78, 5) is 37.8. The van der Waals surface area contributed by atoms with E-state index in [0.29, 0.717) is 22.8 Å². The molecule has 0 atom stereocenters. The van der Waals surface area contributed by atoms with E-state index in [4.69, 9.17) is 11.6 Å². The number of carbonyl (C=O) groups is 2. The summed E-state index contributed by atoms with van der Waals surface area (Å²) in [5, 5.41) is 10.8. The molecule has 1 aliphatic heterocycles. The number of hydrogen-bond donors (Lipinski definition) is 1. The normalized spacial score (nSPS) is 14.2. The van der Waals surface area contributed by atoms with Gasteiger partial charge in [-0.15, -0.1) is 10.2 Å². The highest BCUT2D eigenvalue weighted by molar-refractivity contribution is 6.30. The summed E-state index contributed by atoms with van der Waals surface area (Å²) in [6, 6.07) is 11.8. The Hall–Kier alpha value is -4.97. The highest BCUT2D eigenvalue weighted by Crippen LogP contribution is 2.42. The number of pyridine rings is 1. The number of hydrogen-bond acceptors (Lipinski definition) is 6. The molecule has 1 fully saturated rings. The smallest absolute Gasteiger partial charge is 0.259 e. The van der Waals surface area contributed by atoms with Crippen molar-refractivity contribution in [3.8, 4) is 17.2 Å².